The summed E-state index contributed by atoms with van der Waals surface area (Å²) in [6.07, 6.45) is 0. The highest BCUT2D eigenvalue weighted by Gasteiger charge is 2.32. The molecule has 3 aromatic rings. The van der Waals surface area contributed by atoms with Gasteiger partial charge in [-0.05, 0) is 70.5 Å². The zero-order chi connectivity index (χ0) is 28.0. The first-order chi connectivity index (χ1) is 17.9. The van der Waals surface area contributed by atoms with Crippen molar-refractivity contribution in [1.29, 1.82) is 0 Å². The van der Waals surface area contributed by atoms with Gasteiger partial charge in [-0.25, -0.2) is 8.42 Å². The lowest BCUT2D eigenvalue weighted by molar-refractivity contribution is -0.139. The van der Waals surface area contributed by atoms with Crippen LogP contribution >= 0.6 is 15.9 Å². The van der Waals surface area contributed by atoms with Crippen LogP contribution in [-0.4, -0.2) is 43.8 Å². The number of aryl methyl sites for hydroxylation is 2. The van der Waals surface area contributed by atoms with Crippen molar-refractivity contribution in [3.05, 3.63) is 94.0 Å². The van der Waals surface area contributed by atoms with Crippen molar-refractivity contribution in [2.24, 2.45) is 0 Å². The maximum absolute atomic E-state index is 13.9. The SMILES string of the molecule is Cc1ccc(S(=O)(=O)N(CC(=O)N(Cc2cccc(C)c2)[C@@H](C)C(=O)NC(C)C)c2cccc(Br)c2)cc1. The van der Waals surface area contributed by atoms with Crippen LogP contribution in [0.5, 0.6) is 0 Å². The molecule has 9 heteroatoms. The number of amides is 2. The molecule has 0 unspecified atom stereocenters. The average molecular weight is 601 g/mol. The fraction of sp³-hybridized carbons (Fsp3) is 0.310. The Kier molecular flexibility index (Phi) is 9.73. The monoisotopic (exact) mass is 599 g/mol. The first-order valence-electron chi connectivity index (χ1n) is 12.4. The molecule has 7 nitrogen and oxygen atoms in total. The zero-order valence-electron chi connectivity index (χ0n) is 22.3. The van der Waals surface area contributed by atoms with E-state index in [1.54, 1.807) is 43.3 Å². The smallest absolute Gasteiger partial charge is 0.264 e. The molecule has 2 amide bonds. The highest BCUT2D eigenvalue weighted by molar-refractivity contribution is 9.10. The van der Waals surface area contributed by atoms with Crippen LogP contribution < -0.4 is 9.62 Å². The number of hydrogen-bond donors (Lipinski definition) is 1. The molecule has 0 bridgehead atoms. The summed E-state index contributed by atoms with van der Waals surface area (Å²) in [7, 11) is -4.10. The van der Waals surface area contributed by atoms with E-state index in [4.69, 9.17) is 0 Å². The Morgan fingerprint density at radius 2 is 1.55 bits per heavy atom. The van der Waals surface area contributed by atoms with Crippen LogP contribution in [0.4, 0.5) is 5.69 Å². The summed E-state index contributed by atoms with van der Waals surface area (Å²) in [5.41, 5.74) is 3.12. The van der Waals surface area contributed by atoms with E-state index in [2.05, 4.69) is 21.2 Å². The number of nitrogens with zero attached hydrogens (tertiary/aromatic N) is 2. The first kappa shape index (κ1) is 29.4. The fourth-order valence-electron chi connectivity index (χ4n) is 3.99. The molecule has 0 aliphatic carbocycles. The second-order valence-corrected chi connectivity index (χ2v) is 12.4. The predicted octanol–water partition coefficient (Wildman–Crippen LogP) is 5.20. The van der Waals surface area contributed by atoms with Gasteiger partial charge in [-0.15, -0.1) is 0 Å². The van der Waals surface area contributed by atoms with Crippen molar-refractivity contribution in [2.75, 3.05) is 10.8 Å². The Morgan fingerprint density at radius 1 is 0.895 bits per heavy atom. The van der Waals surface area contributed by atoms with E-state index in [1.807, 2.05) is 52.0 Å². The number of anilines is 1. The van der Waals surface area contributed by atoms with Gasteiger partial charge in [-0.1, -0.05) is 69.5 Å². The summed E-state index contributed by atoms with van der Waals surface area (Å²) >= 11 is 3.40. The number of nitrogens with one attached hydrogen (secondary N) is 1. The Hall–Kier alpha value is -3.17. The fourth-order valence-corrected chi connectivity index (χ4v) is 5.79. The van der Waals surface area contributed by atoms with Crippen LogP contribution in [0, 0.1) is 13.8 Å². The van der Waals surface area contributed by atoms with Gasteiger partial charge < -0.3 is 10.2 Å². The van der Waals surface area contributed by atoms with Gasteiger partial charge in [0.25, 0.3) is 10.0 Å². The summed E-state index contributed by atoms with van der Waals surface area (Å²) in [6, 6.07) is 20.0. The molecule has 0 aliphatic heterocycles. The average Bonchev–Trinajstić information content (AvgIpc) is 2.85. The second-order valence-electron chi connectivity index (χ2n) is 9.65. The van der Waals surface area contributed by atoms with E-state index >= 15 is 0 Å². The number of benzene rings is 3. The lowest BCUT2D eigenvalue weighted by atomic mass is 10.1. The number of halogens is 1. The molecule has 38 heavy (non-hydrogen) atoms. The van der Waals surface area contributed by atoms with Crippen molar-refractivity contribution in [3.8, 4) is 0 Å². The molecule has 3 rings (SSSR count). The molecule has 0 aliphatic rings. The second kappa shape index (κ2) is 12.6. The summed E-state index contributed by atoms with van der Waals surface area (Å²) in [4.78, 5) is 28.4. The zero-order valence-corrected chi connectivity index (χ0v) is 24.7. The van der Waals surface area contributed by atoms with Gasteiger partial charge in [-0.3, -0.25) is 13.9 Å². The van der Waals surface area contributed by atoms with Gasteiger partial charge in [-0.2, -0.15) is 0 Å². The summed E-state index contributed by atoms with van der Waals surface area (Å²) in [5, 5.41) is 2.86. The molecule has 0 radical (unpaired) electrons. The highest BCUT2D eigenvalue weighted by atomic mass is 79.9. The molecule has 0 saturated heterocycles. The number of carbonyl (C=O) groups is 2. The number of hydrogen-bond acceptors (Lipinski definition) is 4. The van der Waals surface area contributed by atoms with E-state index in [-0.39, 0.29) is 23.4 Å². The number of sulfonamides is 1. The third-order valence-corrected chi connectivity index (χ3v) is 8.30. The van der Waals surface area contributed by atoms with E-state index in [0.29, 0.717) is 10.2 Å². The molecule has 202 valence electrons. The first-order valence-corrected chi connectivity index (χ1v) is 14.6. The Labute approximate surface area is 234 Å². The van der Waals surface area contributed by atoms with Gasteiger partial charge in [0.05, 0.1) is 10.6 Å². The normalized spacial score (nSPS) is 12.2. The van der Waals surface area contributed by atoms with Gasteiger partial charge in [0, 0.05) is 17.1 Å². The molecule has 1 atom stereocenters. The molecular weight excluding hydrogens is 566 g/mol. The Balaban J connectivity index is 2.03. The number of carbonyl (C=O) groups excluding carboxylic acids is 2. The number of rotatable bonds is 10. The third kappa shape index (κ3) is 7.45. The van der Waals surface area contributed by atoms with E-state index in [1.165, 1.54) is 17.0 Å². The molecule has 1 N–H and O–H groups in total. The van der Waals surface area contributed by atoms with Crippen LogP contribution in [-0.2, 0) is 26.2 Å². The minimum atomic E-state index is -4.10. The van der Waals surface area contributed by atoms with E-state index in [0.717, 1.165) is 21.0 Å². The topological polar surface area (TPSA) is 86.8 Å². The van der Waals surface area contributed by atoms with Crippen molar-refractivity contribution in [3.63, 3.8) is 0 Å². The van der Waals surface area contributed by atoms with Crippen LogP contribution in [0.2, 0.25) is 0 Å². The van der Waals surface area contributed by atoms with Gasteiger partial charge in [0.15, 0.2) is 0 Å². The van der Waals surface area contributed by atoms with Gasteiger partial charge >= 0.3 is 0 Å². The quantitative estimate of drug-likeness (QED) is 0.347. The van der Waals surface area contributed by atoms with Crippen molar-refractivity contribution < 1.29 is 18.0 Å². The minimum absolute atomic E-state index is 0.0757. The van der Waals surface area contributed by atoms with Crippen LogP contribution in [0.25, 0.3) is 0 Å². The standard InChI is InChI=1S/C29H34BrN3O4S/c1-20(2)31-29(35)23(5)32(18-24-9-6-8-22(4)16-24)28(34)19-33(26-11-7-10-25(30)17-26)38(36,37)27-14-12-21(3)13-15-27/h6-17,20,23H,18-19H2,1-5H3,(H,31,35)/t23-/m0/s1. The molecule has 0 fully saturated rings. The van der Waals surface area contributed by atoms with Crippen LogP contribution in [0.1, 0.15) is 37.5 Å². The molecule has 3 aromatic carbocycles. The summed E-state index contributed by atoms with van der Waals surface area (Å²) in [5.74, 6) is -0.801. The highest BCUT2D eigenvalue weighted by Crippen LogP contribution is 2.27. The maximum atomic E-state index is 13.9. The summed E-state index contributed by atoms with van der Waals surface area (Å²) in [6.45, 7) is 8.86. The molecule has 0 aromatic heterocycles. The Bertz CT molecular complexity index is 1390. The lowest BCUT2D eigenvalue weighted by Gasteiger charge is -2.32. The molecule has 0 spiro atoms. The van der Waals surface area contributed by atoms with Crippen molar-refractivity contribution >= 4 is 43.5 Å². The maximum Gasteiger partial charge on any atom is 0.264 e. The molecule has 0 saturated carbocycles. The minimum Gasteiger partial charge on any atom is -0.352 e. The molecular formula is C29H34BrN3O4S. The van der Waals surface area contributed by atoms with Crippen LogP contribution in [0.3, 0.4) is 0 Å². The predicted molar refractivity (Wildman–Crippen MR) is 154 cm³/mol. The van der Waals surface area contributed by atoms with Gasteiger partial charge in [0.1, 0.15) is 12.6 Å². The van der Waals surface area contributed by atoms with Crippen molar-refractivity contribution in [2.45, 2.75) is 58.1 Å². The van der Waals surface area contributed by atoms with Gasteiger partial charge in [0.2, 0.25) is 11.8 Å². The van der Waals surface area contributed by atoms with E-state index < -0.39 is 28.5 Å². The Morgan fingerprint density at radius 3 is 2.16 bits per heavy atom. The molecule has 0 heterocycles. The van der Waals surface area contributed by atoms with Crippen molar-refractivity contribution in [1.82, 2.24) is 10.2 Å². The summed E-state index contributed by atoms with van der Waals surface area (Å²) < 4.78 is 29.4. The lowest BCUT2D eigenvalue weighted by Crippen LogP contribution is -2.52. The van der Waals surface area contributed by atoms with Crippen LogP contribution in [0.15, 0.2) is 82.2 Å². The largest absolute Gasteiger partial charge is 0.352 e. The third-order valence-electron chi connectivity index (χ3n) is 6.02. The van der Waals surface area contributed by atoms with E-state index in [9.17, 15) is 18.0 Å².